The molecule has 0 aliphatic heterocycles. The van der Waals surface area contributed by atoms with Gasteiger partial charge in [0, 0.05) is 19.4 Å². The molecule has 0 atom stereocenters. The van der Waals surface area contributed by atoms with Gasteiger partial charge in [-0.25, -0.2) is 9.78 Å². The van der Waals surface area contributed by atoms with Gasteiger partial charge in [-0.05, 0) is 0 Å². The molecule has 0 N–H and O–H groups in total. The van der Waals surface area contributed by atoms with Crippen LogP contribution in [0.3, 0.4) is 0 Å². The van der Waals surface area contributed by atoms with Crippen molar-refractivity contribution in [2.75, 3.05) is 0 Å². The monoisotopic (exact) mass is 204 g/mol. The minimum atomic E-state index is -0.545. The van der Waals surface area contributed by atoms with Gasteiger partial charge in [0.15, 0.2) is 11.4 Å². The van der Waals surface area contributed by atoms with Gasteiger partial charge in [0.25, 0.3) is 0 Å². The Bertz CT molecular complexity index is 466. The van der Waals surface area contributed by atoms with E-state index in [1.165, 1.54) is 24.8 Å². The minimum Gasteiger partial charge on any atom is -0.418 e. The van der Waals surface area contributed by atoms with E-state index in [2.05, 4.69) is 15.1 Å². The molecule has 0 aliphatic rings. The third kappa shape index (κ3) is 2.16. The molecule has 0 amide bonds. The van der Waals surface area contributed by atoms with E-state index in [-0.39, 0.29) is 5.69 Å². The summed E-state index contributed by atoms with van der Waals surface area (Å²) in [5.41, 5.74) is 0.168. The highest BCUT2D eigenvalue weighted by atomic mass is 16.5. The Morgan fingerprint density at radius 1 is 1.40 bits per heavy atom. The molecule has 76 valence electrons. The van der Waals surface area contributed by atoms with Crippen LogP contribution >= 0.6 is 0 Å². The Morgan fingerprint density at radius 3 is 2.87 bits per heavy atom. The maximum Gasteiger partial charge on any atom is 0.364 e. The molecule has 0 spiro atoms. The molecule has 0 unspecified atom stereocenters. The fraction of sp³-hybridized carbons (Fsp3) is 0.111. The van der Waals surface area contributed by atoms with E-state index in [0.29, 0.717) is 5.75 Å². The lowest BCUT2D eigenvalue weighted by Gasteiger charge is -1.98. The van der Waals surface area contributed by atoms with Crippen molar-refractivity contribution in [2.24, 2.45) is 7.05 Å². The first-order valence-corrected chi connectivity index (χ1v) is 4.22. The summed E-state index contributed by atoms with van der Waals surface area (Å²) in [6.07, 6.45) is 7.31. The summed E-state index contributed by atoms with van der Waals surface area (Å²) in [6.45, 7) is 0. The van der Waals surface area contributed by atoms with E-state index in [1.807, 2.05) is 0 Å². The maximum absolute atomic E-state index is 11.5. The number of carbonyl (C=O) groups is 1. The first-order chi connectivity index (χ1) is 7.25. The van der Waals surface area contributed by atoms with Crippen LogP contribution in [0.2, 0.25) is 0 Å². The van der Waals surface area contributed by atoms with Gasteiger partial charge >= 0.3 is 5.97 Å². The zero-order valence-electron chi connectivity index (χ0n) is 7.99. The number of hydrogen-bond acceptors (Lipinski definition) is 5. The van der Waals surface area contributed by atoms with Crippen molar-refractivity contribution in [1.82, 2.24) is 19.7 Å². The van der Waals surface area contributed by atoms with Crippen molar-refractivity contribution in [3.63, 3.8) is 0 Å². The molecule has 2 aromatic heterocycles. The van der Waals surface area contributed by atoms with Gasteiger partial charge in [0.2, 0.25) is 0 Å². The van der Waals surface area contributed by atoms with Crippen LogP contribution in [0.15, 0.2) is 31.0 Å². The Labute approximate surface area is 85.5 Å². The second-order valence-corrected chi connectivity index (χ2v) is 2.83. The molecule has 2 aromatic rings. The fourth-order valence-electron chi connectivity index (χ4n) is 1.02. The van der Waals surface area contributed by atoms with Crippen LogP contribution in [0.25, 0.3) is 0 Å². The quantitative estimate of drug-likeness (QED) is 0.663. The zero-order valence-corrected chi connectivity index (χ0v) is 7.99. The Morgan fingerprint density at radius 2 is 2.27 bits per heavy atom. The first-order valence-electron chi connectivity index (χ1n) is 4.22. The summed E-state index contributed by atoms with van der Waals surface area (Å²) >= 11 is 0. The highest BCUT2D eigenvalue weighted by Gasteiger charge is 2.10. The SMILES string of the molecule is Cn1cc(OC(=O)c2cnccn2)cn1. The van der Waals surface area contributed by atoms with Crippen LogP contribution in [-0.2, 0) is 7.05 Å². The molecule has 0 bridgehead atoms. The molecule has 6 nitrogen and oxygen atoms in total. The number of ether oxygens (including phenoxy) is 1. The van der Waals surface area contributed by atoms with Crippen LogP contribution in [0.1, 0.15) is 10.5 Å². The van der Waals surface area contributed by atoms with Gasteiger partial charge in [-0.1, -0.05) is 0 Å². The van der Waals surface area contributed by atoms with Crippen LogP contribution in [0, 0.1) is 0 Å². The number of hydrogen-bond donors (Lipinski definition) is 0. The standard InChI is InChI=1S/C9H8N4O2/c1-13-6-7(4-12-13)15-9(14)8-5-10-2-3-11-8/h2-6H,1H3. The van der Waals surface area contributed by atoms with Gasteiger partial charge in [0.05, 0.1) is 18.6 Å². The first kappa shape index (κ1) is 9.32. The van der Waals surface area contributed by atoms with E-state index in [1.54, 1.807) is 17.9 Å². The van der Waals surface area contributed by atoms with E-state index in [9.17, 15) is 4.79 Å². The van der Waals surface area contributed by atoms with Crippen molar-refractivity contribution < 1.29 is 9.53 Å². The fourth-order valence-corrected chi connectivity index (χ4v) is 1.02. The molecular weight excluding hydrogens is 196 g/mol. The van der Waals surface area contributed by atoms with Crippen LogP contribution in [-0.4, -0.2) is 25.7 Å². The second-order valence-electron chi connectivity index (χ2n) is 2.83. The molecule has 2 rings (SSSR count). The lowest BCUT2D eigenvalue weighted by Crippen LogP contribution is -2.10. The summed E-state index contributed by atoms with van der Waals surface area (Å²) in [5, 5.41) is 3.87. The summed E-state index contributed by atoms with van der Waals surface area (Å²) in [7, 11) is 1.74. The third-order valence-electron chi connectivity index (χ3n) is 1.66. The van der Waals surface area contributed by atoms with Crippen LogP contribution in [0.4, 0.5) is 0 Å². The van der Waals surface area contributed by atoms with Gasteiger partial charge in [-0.3, -0.25) is 9.67 Å². The summed E-state index contributed by atoms with van der Waals surface area (Å²) in [5.74, 6) is -0.163. The van der Waals surface area contributed by atoms with Gasteiger partial charge in [-0.15, -0.1) is 0 Å². The summed E-state index contributed by atoms with van der Waals surface area (Å²) in [6, 6.07) is 0. The molecule has 0 fully saturated rings. The molecular formula is C9H8N4O2. The lowest BCUT2D eigenvalue weighted by atomic mass is 10.4. The van der Waals surface area contributed by atoms with Gasteiger partial charge in [0.1, 0.15) is 0 Å². The van der Waals surface area contributed by atoms with Crippen LogP contribution in [0.5, 0.6) is 5.75 Å². The van der Waals surface area contributed by atoms with Crippen molar-refractivity contribution in [3.8, 4) is 5.75 Å². The largest absolute Gasteiger partial charge is 0.418 e. The molecule has 0 aromatic carbocycles. The van der Waals surface area contributed by atoms with Crippen molar-refractivity contribution in [1.29, 1.82) is 0 Å². The molecule has 0 saturated heterocycles. The molecule has 2 heterocycles. The predicted octanol–water partition coefficient (Wildman–Crippen LogP) is 0.429. The highest BCUT2D eigenvalue weighted by Crippen LogP contribution is 2.08. The number of rotatable bonds is 2. The smallest absolute Gasteiger partial charge is 0.364 e. The van der Waals surface area contributed by atoms with E-state index < -0.39 is 5.97 Å². The zero-order chi connectivity index (χ0) is 10.7. The van der Waals surface area contributed by atoms with Crippen molar-refractivity contribution in [3.05, 3.63) is 36.7 Å². The maximum atomic E-state index is 11.5. The average molecular weight is 204 g/mol. The minimum absolute atomic E-state index is 0.168. The van der Waals surface area contributed by atoms with Crippen molar-refractivity contribution in [2.45, 2.75) is 0 Å². The summed E-state index contributed by atoms with van der Waals surface area (Å²) in [4.78, 5) is 19.0. The molecule has 15 heavy (non-hydrogen) atoms. The topological polar surface area (TPSA) is 69.9 Å². The average Bonchev–Trinajstić information content (AvgIpc) is 2.65. The van der Waals surface area contributed by atoms with Crippen LogP contribution < -0.4 is 4.74 Å². The van der Waals surface area contributed by atoms with Gasteiger partial charge in [-0.2, -0.15) is 5.10 Å². The molecule has 0 aliphatic carbocycles. The van der Waals surface area contributed by atoms with Gasteiger partial charge < -0.3 is 4.74 Å². The van der Waals surface area contributed by atoms with E-state index >= 15 is 0 Å². The molecule has 0 radical (unpaired) electrons. The molecule has 0 saturated carbocycles. The summed E-state index contributed by atoms with van der Waals surface area (Å²) < 4.78 is 6.54. The third-order valence-corrected chi connectivity index (χ3v) is 1.66. The number of esters is 1. The Kier molecular flexibility index (Phi) is 2.40. The highest BCUT2D eigenvalue weighted by molar-refractivity contribution is 5.88. The number of nitrogens with zero attached hydrogens (tertiary/aromatic N) is 4. The number of aromatic nitrogens is 4. The second kappa shape index (κ2) is 3.87. The molecule has 6 heteroatoms. The van der Waals surface area contributed by atoms with E-state index in [4.69, 9.17) is 4.74 Å². The normalized spacial score (nSPS) is 9.93. The van der Waals surface area contributed by atoms with Crippen molar-refractivity contribution >= 4 is 5.97 Å². The predicted molar refractivity (Wildman–Crippen MR) is 50.2 cm³/mol. The Balaban J connectivity index is 2.11. The van der Waals surface area contributed by atoms with E-state index in [0.717, 1.165) is 0 Å². The number of carbonyl (C=O) groups excluding carboxylic acids is 1. The Hall–Kier alpha value is -2.24. The number of aryl methyl sites for hydroxylation is 1. The lowest BCUT2D eigenvalue weighted by molar-refractivity contribution is 0.0728.